The predicted molar refractivity (Wildman–Crippen MR) is 68.2 cm³/mol. The number of rotatable bonds is 2. The van der Waals surface area contributed by atoms with Gasteiger partial charge in [-0.1, -0.05) is 24.3 Å². The molecule has 3 rings (SSSR count). The fourth-order valence-corrected chi connectivity index (χ4v) is 3.27. The van der Waals surface area contributed by atoms with Crippen molar-refractivity contribution in [3.05, 3.63) is 47.6 Å². The molecule has 3 aliphatic rings. The SMILES string of the molecule is C=CCC1CC2CCC=C3C=CC(=C32)CN1. The second-order valence-electron chi connectivity index (χ2n) is 5.04. The third-order valence-electron chi connectivity index (χ3n) is 4.01. The van der Waals surface area contributed by atoms with Crippen molar-refractivity contribution in [2.45, 2.75) is 31.7 Å². The van der Waals surface area contributed by atoms with E-state index in [1.807, 2.05) is 6.08 Å². The molecule has 1 nitrogen and oxygen atoms in total. The maximum atomic E-state index is 3.86. The summed E-state index contributed by atoms with van der Waals surface area (Å²) in [4.78, 5) is 0. The van der Waals surface area contributed by atoms with Crippen LogP contribution in [0.1, 0.15) is 25.7 Å². The Labute approximate surface area is 97.6 Å². The highest BCUT2D eigenvalue weighted by atomic mass is 14.9. The molecule has 1 heteroatoms. The lowest BCUT2D eigenvalue weighted by molar-refractivity contribution is 0.424. The first-order valence-electron chi connectivity index (χ1n) is 6.34. The van der Waals surface area contributed by atoms with Crippen LogP contribution >= 0.6 is 0 Å². The summed E-state index contributed by atoms with van der Waals surface area (Å²) in [5.41, 5.74) is 4.68. The van der Waals surface area contributed by atoms with Gasteiger partial charge in [0.15, 0.2) is 0 Å². The Morgan fingerprint density at radius 1 is 1.44 bits per heavy atom. The average molecular weight is 213 g/mol. The highest BCUT2D eigenvalue weighted by Crippen LogP contribution is 2.41. The molecule has 2 atom stereocenters. The van der Waals surface area contributed by atoms with Crippen LogP contribution in [0, 0.1) is 5.92 Å². The first kappa shape index (κ1) is 10.1. The van der Waals surface area contributed by atoms with Crippen LogP contribution in [0.25, 0.3) is 0 Å². The molecule has 0 aromatic carbocycles. The van der Waals surface area contributed by atoms with E-state index >= 15 is 0 Å². The molecule has 0 aromatic rings. The standard InChI is InChI=1S/C15H19N/c1-2-4-14-9-12-6-3-5-11-7-8-13(10-16-14)15(11)12/h2,5,7-8,12,14,16H,1,3-4,6,9-10H2. The first-order valence-corrected chi connectivity index (χ1v) is 6.34. The third kappa shape index (κ3) is 1.60. The van der Waals surface area contributed by atoms with Crippen LogP contribution in [-0.2, 0) is 0 Å². The van der Waals surface area contributed by atoms with E-state index in [4.69, 9.17) is 0 Å². The molecule has 1 aliphatic heterocycles. The fraction of sp³-hybridized carbons (Fsp3) is 0.467. The molecule has 0 bridgehead atoms. The van der Waals surface area contributed by atoms with E-state index in [0.717, 1.165) is 18.9 Å². The van der Waals surface area contributed by atoms with Crippen molar-refractivity contribution in [1.29, 1.82) is 0 Å². The topological polar surface area (TPSA) is 12.0 Å². The molecule has 16 heavy (non-hydrogen) atoms. The lowest BCUT2D eigenvalue weighted by atomic mass is 9.80. The predicted octanol–water partition coefficient (Wildman–Crippen LogP) is 3.13. The summed E-state index contributed by atoms with van der Waals surface area (Å²) in [5, 5.41) is 3.66. The number of hydrogen-bond acceptors (Lipinski definition) is 1. The molecular weight excluding hydrogens is 194 g/mol. The molecule has 0 aromatic heterocycles. The van der Waals surface area contributed by atoms with Gasteiger partial charge in [-0.25, -0.2) is 0 Å². The Hall–Kier alpha value is -1.08. The maximum Gasteiger partial charge on any atom is 0.0211 e. The Morgan fingerprint density at radius 2 is 2.38 bits per heavy atom. The van der Waals surface area contributed by atoms with E-state index in [9.17, 15) is 0 Å². The highest BCUT2D eigenvalue weighted by Gasteiger charge is 2.30. The van der Waals surface area contributed by atoms with E-state index < -0.39 is 0 Å². The lowest BCUT2D eigenvalue weighted by Gasteiger charge is -2.25. The number of allylic oxidation sites excluding steroid dienone is 4. The van der Waals surface area contributed by atoms with Crippen molar-refractivity contribution in [2.24, 2.45) is 5.92 Å². The quantitative estimate of drug-likeness (QED) is 0.695. The van der Waals surface area contributed by atoms with E-state index in [-0.39, 0.29) is 0 Å². The van der Waals surface area contributed by atoms with Gasteiger partial charge < -0.3 is 5.32 Å². The summed E-state index contributed by atoms with van der Waals surface area (Å²) < 4.78 is 0. The number of hydrogen-bond donors (Lipinski definition) is 1. The van der Waals surface area contributed by atoms with Crippen molar-refractivity contribution in [3.8, 4) is 0 Å². The fourth-order valence-electron chi connectivity index (χ4n) is 3.27. The van der Waals surface area contributed by atoms with Crippen molar-refractivity contribution in [3.63, 3.8) is 0 Å². The number of nitrogens with one attached hydrogen (secondary N) is 1. The molecule has 0 saturated carbocycles. The molecule has 2 unspecified atom stereocenters. The minimum atomic E-state index is 0.626. The van der Waals surface area contributed by atoms with Gasteiger partial charge in [-0.3, -0.25) is 0 Å². The molecule has 84 valence electrons. The largest absolute Gasteiger partial charge is 0.310 e. The van der Waals surface area contributed by atoms with Crippen molar-refractivity contribution in [1.82, 2.24) is 5.32 Å². The van der Waals surface area contributed by atoms with Gasteiger partial charge in [0.25, 0.3) is 0 Å². The molecule has 2 aliphatic carbocycles. The summed E-state index contributed by atoms with van der Waals surface area (Å²) in [6.07, 6.45) is 14.0. The zero-order chi connectivity index (χ0) is 11.0. The van der Waals surface area contributed by atoms with Crippen LogP contribution in [0.3, 0.4) is 0 Å². The normalized spacial score (nSPS) is 32.1. The summed E-state index contributed by atoms with van der Waals surface area (Å²) in [6, 6.07) is 0.626. The van der Waals surface area contributed by atoms with Gasteiger partial charge in [-0.05, 0) is 48.3 Å². The smallest absolute Gasteiger partial charge is 0.0211 e. The summed E-state index contributed by atoms with van der Waals surface area (Å²) in [6.45, 7) is 4.90. The molecule has 0 spiro atoms. The van der Waals surface area contributed by atoms with Gasteiger partial charge in [-0.2, -0.15) is 0 Å². The molecule has 1 N–H and O–H groups in total. The second-order valence-corrected chi connectivity index (χ2v) is 5.04. The summed E-state index contributed by atoms with van der Waals surface area (Å²) in [7, 11) is 0. The van der Waals surface area contributed by atoms with Crippen molar-refractivity contribution < 1.29 is 0 Å². The monoisotopic (exact) mass is 213 g/mol. The molecule has 0 radical (unpaired) electrons. The van der Waals surface area contributed by atoms with Crippen LogP contribution in [-0.4, -0.2) is 12.6 Å². The van der Waals surface area contributed by atoms with E-state index in [1.165, 1.54) is 30.4 Å². The maximum absolute atomic E-state index is 3.86. The minimum Gasteiger partial charge on any atom is -0.310 e. The molecule has 0 fully saturated rings. The van der Waals surface area contributed by atoms with Gasteiger partial charge >= 0.3 is 0 Å². The Bertz CT molecular complexity index is 398. The lowest BCUT2D eigenvalue weighted by Crippen LogP contribution is -2.30. The van der Waals surface area contributed by atoms with Gasteiger partial charge in [0.1, 0.15) is 0 Å². The van der Waals surface area contributed by atoms with Gasteiger partial charge in [0.05, 0.1) is 0 Å². The zero-order valence-electron chi connectivity index (χ0n) is 9.71. The van der Waals surface area contributed by atoms with E-state index in [1.54, 1.807) is 5.57 Å². The second kappa shape index (κ2) is 4.06. The van der Waals surface area contributed by atoms with Crippen molar-refractivity contribution >= 4 is 0 Å². The molecule has 1 heterocycles. The van der Waals surface area contributed by atoms with Crippen LogP contribution in [0.15, 0.2) is 47.6 Å². The van der Waals surface area contributed by atoms with E-state index in [2.05, 4.69) is 30.1 Å². The van der Waals surface area contributed by atoms with Crippen LogP contribution in [0.4, 0.5) is 0 Å². The van der Waals surface area contributed by atoms with Crippen LogP contribution < -0.4 is 5.32 Å². The first-order chi connectivity index (χ1) is 7.88. The van der Waals surface area contributed by atoms with Crippen LogP contribution in [0.5, 0.6) is 0 Å². The molecule has 0 saturated heterocycles. The Balaban J connectivity index is 1.88. The van der Waals surface area contributed by atoms with Gasteiger partial charge in [0, 0.05) is 12.6 Å². The summed E-state index contributed by atoms with van der Waals surface area (Å²) >= 11 is 0. The van der Waals surface area contributed by atoms with Crippen molar-refractivity contribution in [2.75, 3.05) is 6.54 Å². The highest BCUT2D eigenvalue weighted by molar-refractivity contribution is 5.56. The third-order valence-corrected chi connectivity index (χ3v) is 4.01. The molecule has 0 amide bonds. The Kier molecular flexibility index (Phi) is 2.56. The van der Waals surface area contributed by atoms with E-state index in [0.29, 0.717) is 6.04 Å². The summed E-state index contributed by atoms with van der Waals surface area (Å²) in [5.74, 6) is 0.782. The van der Waals surface area contributed by atoms with Crippen LogP contribution in [0.2, 0.25) is 0 Å². The zero-order valence-corrected chi connectivity index (χ0v) is 9.71. The minimum absolute atomic E-state index is 0.626. The van der Waals surface area contributed by atoms with Gasteiger partial charge in [-0.15, -0.1) is 6.58 Å². The van der Waals surface area contributed by atoms with Gasteiger partial charge in [0.2, 0.25) is 0 Å². The Morgan fingerprint density at radius 3 is 3.25 bits per heavy atom. The average Bonchev–Trinajstić information content (AvgIpc) is 2.61. The molecular formula is C15H19N.